The van der Waals surface area contributed by atoms with Gasteiger partial charge < -0.3 is 4.74 Å². The summed E-state index contributed by atoms with van der Waals surface area (Å²) in [4.78, 5) is 0. The zero-order chi connectivity index (χ0) is 15.4. The Morgan fingerprint density at radius 3 is 2.95 bits per heavy atom. The van der Waals surface area contributed by atoms with Crippen LogP contribution in [0.5, 0.6) is 0 Å². The van der Waals surface area contributed by atoms with Crippen LogP contribution in [0.3, 0.4) is 0 Å². The normalized spacial score (nSPS) is 12.6. The molecule has 0 spiro atoms. The van der Waals surface area contributed by atoms with E-state index >= 15 is 0 Å². The van der Waals surface area contributed by atoms with Gasteiger partial charge in [0.1, 0.15) is 5.82 Å². The number of benzene rings is 1. The Balaban J connectivity index is 2.43. The van der Waals surface area contributed by atoms with Gasteiger partial charge in [0, 0.05) is 11.6 Å². The molecule has 8 heteroatoms. The molecule has 3 N–H and O–H groups in total. The van der Waals surface area contributed by atoms with Crippen molar-refractivity contribution in [1.29, 1.82) is 0 Å². The second-order valence-corrected chi connectivity index (χ2v) is 5.62. The summed E-state index contributed by atoms with van der Waals surface area (Å²) in [5, 5.41) is 4.69. The Hall–Kier alpha value is -0.990. The van der Waals surface area contributed by atoms with Crippen molar-refractivity contribution in [3.05, 3.63) is 51.0 Å². The number of hydrogen-bond donors (Lipinski definition) is 2. The van der Waals surface area contributed by atoms with E-state index in [4.69, 9.17) is 22.2 Å². The topological polar surface area (TPSA) is 65.1 Å². The van der Waals surface area contributed by atoms with E-state index in [0.717, 1.165) is 5.56 Å². The van der Waals surface area contributed by atoms with Crippen molar-refractivity contribution in [3.8, 4) is 0 Å². The molecule has 0 aliphatic heterocycles. The third-order valence-electron chi connectivity index (χ3n) is 3.05. The van der Waals surface area contributed by atoms with Crippen molar-refractivity contribution in [1.82, 2.24) is 15.2 Å². The molecule has 114 valence electrons. The van der Waals surface area contributed by atoms with Crippen LogP contribution in [0.4, 0.5) is 4.39 Å². The Kier molecular flexibility index (Phi) is 5.72. The molecule has 0 aliphatic rings. The second kappa shape index (κ2) is 7.33. The SMILES string of the molecule is COCCn1ncc(Cl)c1C(NN)c1ccc(F)cc1Br. The van der Waals surface area contributed by atoms with Crippen molar-refractivity contribution >= 4 is 27.5 Å². The molecule has 2 rings (SSSR count). The molecule has 5 nitrogen and oxygen atoms in total. The quantitative estimate of drug-likeness (QED) is 0.600. The van der Waals surface area contributed by atoms with Crippen LogP contribution in [0.2, 0.25) is 5.02 Å². The molecule has 0 saturated heterocycles. The van der Waals surface area contributed by atoms with Gasteiger partial charge in [0.2, 0.25) is 0 Å². The molecule has 0 aliphatic carbocycles. The van der Waals surface area contributed by atoms with Gasteiger partial charge in [0.15, 0.2) is 0 Å². The molecule has 1 heterocycles. The fraction of sp³-hybridized carbons (Fsp3) is 0.308. The number of nitrogens with one attached hydrogen (secondary N) is 1. The average Bonchev–Trinajstić information content (AvgIpc) is 2.81. The lowest BCUT2D eigenvalue weighted by molar-refractivity contribution is 0.182. The van der Waals surface area contributed by atoms with Gasteiger partial charge in [-0.1, -0.05) is 33.6 Å². The lowest BCUT2D eigenvalue weighted by Gasteiger charge is -2.20. The maximum absolute atomic E-state index is 13.2. The summed E-state index contributed by atoms with van der Waals surface area (Å²) in [6.07, 6.45) is 1.55. The number of rotatable bonds is 6. The van der Waals surface area contributed by atoms with Crippen LogP contribution in [-0.2, 0) is 11.3 Å². The van der Waals surface area contributed by atoms with Crippen molar-refractivity contribution in [2.45, 2.75) is 12.6 Å². The molecule has 1 aromatic carbocycles. The summed E-state index contributed by atoms with van der Waals surface area (Å²) in [7, 11) is 1.61. The summed E-state index contributed by atoms with van der Waals surface area (Å²) in [5.41, 5.74) is 4.16. The molecule has 1 aromatic heterocycles. The van der Waals surface area contributed by atoms with E-state index in [-0.39, 0.29) is 5.82 Å². The Labute approximate surface area is 135 Å². The van der Waals surface area contributed by atoms with E-state index in [2.05, 4.69) is 26.5 Å². The van der Waals surface area contributed by atoms with Gasteiger partial charge >= 0.3 is 0 Å². The van der Waals surface area contributed by atoms with Gasteiger partial charge in [-0.2, -0.15) is 5.10 Å². The molecule has 1 atom stereocenters. The summed E-state index contributed by atoms with van der Waals surface area (Å²) >= 11 is 9.56. The van der Waals surface area contributed by atoms with Gasteiger partial charge in [-0.3, -0.25) is 10.5 Å². The predicted octanol–water partition coefficient (Wildman–Crippen LogP) is 2.64. The summed E-state index contributed by atoms with van der Waals surface area (Å²) in [6.45, 7) is 1.03. The van der Waals surface area contributed by atoms with Crippen LogP contribution in [0.25, 0.3) is 0 Å². The minimum Gasteiger partial charge on any atom is -0.383 e. The first-order chi connectivity index (χ1) is 10.1. The third kappa shape index (κ3) is 3.61. The van der Waals surface area contributed by atoms with Crippen LogP contribution in [0, 0.1) is 5.82 Å². The largest absolute Gasteiger partial charge is 0.383 e. The number of hydrogen-bond acceptors (Lipinski definition) is 4. The van der Waals surface area contributed by atoms with Crippen molar-refractivity contribution in [2.24, 2.45) is 5.84 Å². The fourth-order valence-corrected chi connectivity index (χ4v) is 2.90. The highest BCUT2D eigenvalue weighted by atomic mass is 79.9. The summed E-state index contributed by atoms with van der Waals surface area (Å²) in [5.74, 6) is 5.34. The van der Waals surface area contributed by atoms with Gasteiger partial charge in [0.05, 0.1) is 36.1 Å². The lowest BCUT2D eigenvalue weighted by Crippen LogP contribution is -2.31. The Bertz CT molecular complexity index is 622. The van der Waals surface area contributed by atoms with Crippen molar-refractivity contribution in [3.63, 3.8) is 0 Å². The molecule has 0 bridgehead atoms. The van der Waals surface area contributed by atoms with Crippen LogP contribution in [-0.4, -0.2) is 23.5 Å². The highest BCUT2D eigenvalue weighted by molar-refractivity contribution is 9.10. The molecule has 0 saturated carbocycles. The van der Waals surface area contributed by atoms with Crippen LogP contribution in [0.15, 0.2) is 28.9 Å². The highest BCUT2D eigenvalue weighted by Crippen LogP contribution is 2.32. The third-order valence-corrected chi connectivity index (χ3v) is 4.03. The first-order valence-electron chi connectivity index (χ1n) is 6.19. The van der Waals surface area contributed by atoms with E-state index in [1.54, 1.807) is 24.1 Å². The van der Waals surface area contributed by atoms with Crippen LogP contribution in [0.1, 0.15) is 17.3 Å². The highest BCUT2D eigenvalue weighted by Gasteiger charge is 2.23. The van der Waals surface area contributed by atoms with Crippen molar-refractivity contribution in [2.75, 3.05) is 13.7 Å². The molecule has 1 unspecified atom stereocenters. The molecular formula is C13H15BrClFN4O. The first-order valence-corrected chi connectivity index (χ1v) is 7.36. The number of halogens is 3. The zero-order valence-electron chi connectivity index (χ0n) is 11.3. The summed E-state index contributed by atoms with van der Waals surface area (Å²) in [6, 6.07) is 3.97. The van der Waals surface area contributed by atoms with Crippen LogP contribution >= 0.6 is 27.5 Å². The molecular weight excluding hydrogens is 363 g/mol. The summed E-state index contributed by atoms with van der Waals surface area (Å²) < 4.78 is 20.6. The fourth-order valence-electron chi connectivity index (χ4n) is 2.07. The minimum absolute atomic E-state index is 0.333. The molecule has 2 aromatic rings. The van der Waals surface area contributed by atoms with Crippen molar-refractivity contribution < 1.29 is 9.13 Å². The van der Waals surface area contributed by atoms with E-state index < -0.39 is 6.04 Å². The number of nitrogens with zero attached hydrogens (tertiary/aromatic N) is 2. The van der Waals surface area contributed by atoms with E-state index in [1.807, 2.05) is 0 Å². The van der Waals surface area contributed by atoms with E-state index in [1.165, 1.54) is 12.1 Å². The maximum Gasteiger partial charge on any atom is 0.124 e. The minimum atomic E-state index is -0.424. The number of hydrazine groups is 1. The Morgan fingerprint density at radius 2 is 2.33 bits per heavy atom. The number of methoxy groups -OCH3 is 1. The van der Waals surface area contributed by atoms with E-state index in [9.17, 15) is 4.39 Å². The first kappa shape index (κ1) is 16.4. The molecule has 0 fully saturated rings. The zero-order valence-corrected chi connectivity index (χ0v) is 13.7. The maximum atomic E-state index is 13.2. The lowest BCUT2D eigenvalue weighted by atomic mass is 10.0. The number of aromatic nitrogens is 2. The Morgan fingerprint density at radius 1 is 1.57 bits per heavy atom. The number of nitrogens with two attached hydrogens (primary N) is 1. The molecule has 0 amide bonds. The van der Waals surface area contributed by atoms with E-state index in [0.29, 0.717) is 28.3 Å². The van der Waals surface area contributed by atoms with Gasteiger partial charge in [0.25, 0.3) is 0 Å². The molecule has 0 radical (unpaired) electrons. The second-order valence-electron chi connectivity index (χ2n) is 4.36. The van der Waals surface area contributed by atoms with Gasteiger partial charge in [-0.25, -0.2) is 9.82 Å². The smallest absolute Gasteiger partial charge is 0.124 e. The number of ether oxygens (including phenoxy) is 1. The van der Waals surface area contributed by atoms with Crippen LogP contribution < -0.4 is 11.3 Å². The monoisotopic (exact) mass is 376 g/mol. The molecule has 21 heavy (non-hydrogen) atoms. The predicted molar refractivity (Wildman–Crippen MR) is 82.4 cm³/mol. The van der Waals surface area contributed by atoms with Gasteiger partial charge in [-0.05, 0) is 17.7 Å². The average molecular weight is 378 g/mol. The van der Waals surface area contributed by atoms with Gasteiger partial charge in [-0.15, -0.1) is 0 Å². The standard InChI is InChI=1S/C13H15BrClFN4O/c1-21-5-4-20-13(11(15)7-18-20)12(19-17)9-3-2-8(16)6-10(9)14/h2-3,6-7,12,19H,4-5,17H2,1H3.